The van der Waals surface area contributed by atoms with Crippen LogP contribution in [0.3, 0.4) is 0 Å². The minimum absolute atomic E-state index is 0.0340. The normalized spacial score (nSPS) is 17.9. The van der Waals surface area contributed by atoms with Crippen molar-refractivity contribution < 1.29 is 24.2 Å². The van der Waals surface area contributed by atoms with E-state index in [2.05, 4.69) is 0 Å². The number of nitrogens with zero attached hydrogens (tertiary/aromatic N) is 2. The standard InChI is InChI=1S/C25H22N2O5/c28-21(29)16-26-23(20-14-8-3-9-15-20)27(22(24(26)30)19-12-6-2-7-13-19)25(31)32-17-18-10-4-1-5-11-18/h1-15,22-23H,16-17H2,(H,28,29). The second kappa shape index (κ2) is 9.34. The molecule has 0 spiro atoms. The lowest BCUT2D eigenvalue weighted by Gasteiger charge is -2.30. The molecule has 2 atom stereocenters. The molecular formula is C25H22N2O5. The molecule has 0 radical (unpaired) electrons. The summed E-state index contributed by atoms with van der Waals surface area (Å²) >= 11 is 0. The molecule has 2 unspecified atom stereocenters. The summed E-state index contributed by atoms with van der Waals surface area (Å²) in [6.07, 6.45) is -1.61. The SMILES string of the molecule is O=C(O)CN1C(=O)C(c2ccccc2)N(C(=O)OCc2ccccc2)C1c1ccccc1. The molecule has 0 aromatic heterocycles. The first-order chi connectivity index (χ1) is 15.6. The Morgan fingerprint density at radius 1 is 0.812 bits per heavy atom. The van der Waals surface area contributed by atoms with Crippen molar-refractivity contribution in [3.63, 3.8) is 0 Å². The van der Waals surface area contributed by atoms with Crippen LogP contribution in [0, 0.1) is 0 Å². The zero-order chi connectivity index (χ0) is 22.5. The number of benzene rings is 3. The van der Waals surface area contributed by atoms with Gasteiger partial charge < -0.3 is 14.7 Å². The van der Waals surface area contributed by atoms with Gasteiger partial charge in [-0.05, 0) is 16.7 Å². The van der Waals surface area contributed by atoms with Gasteiger partial charge in [-0.15, -0.1) is 0 Å². The van der Waals surface area contributed by atoms with E-state index in [1.807, 2.05) is 42.5 Å². The molecule has 162 valence electrons. The number of aliphatic carboxylic acids is 1. The largest absolute Gasteiger partial charge is 0.480 e. The molecule has 1 aliphatic heterocycles. The minimum atomic E-state index is -1.16. The van der Waals surface area contributed by atoms with Crippen molar-refractivity contribution in [2.45, 2.75) is 18.8 Å². The second-order valence-corrected chi connectivity index (χ2v) is 7.40. The summed E-state index contributed by atoms with van der Waals surface area (Å²) in [7, 11) is 0. The lowest BCUT2D eigenvalue weighted by molar-refractivity contribution is -0.144. The molecule has 7 nitrogen and oxygen atoms in total. The van der Waals surface area contributed by atoms with Crippen LogP contribution in [0.4, 0.5) is 4.79 Å². The molecule has 4 rings (SSSR count). The van der Waals surface area contributed by atoms with Gasteiger partial charge in [-0.3, -0.25) is 14.5 Å². The minimum Gasteiger partial charge on any atom is -0.480 e. The highest BCUT2D eigenvalue weighted by atomic mass is 16.6. The van der Waals surface area contributed by atoms with Gasteiger partial charge in [-0.2, -0.15) is 0 Å². The van der Waals surface area contributed by atoms with E-state index in [0.717, 1.165) is 5.56 Å². The molecule has 2 amide bonds. The molecule has 0 aliphatic carbocycles. The first-order valence-electron chi connectivity index (χ1n) is 10.2. The van der Waals surface area contributed by atoms with Crippen molar-refractivity contribution in [2.24, 2.45) is 0 Å². The van der Waals surface area contributed by atoms with Crippen LogP contribution >= 0.6 is 0 Å². The summed E-state index contributed by atoms with van der Waals surface area (Å²) in [5, 5.41) is 9.46. The molecule has 3 aromatic carbocycles. The Hall–Kier alpha value is -4.13. The van der Waals surface area contributed by atoms with Crippen molar-refractivity contribution in [1.29, 1.82) is 0 Å². The number of carbonyl (C=O) groups is 3. The number of rotatable bonds is 6. The average molecular weight is 430 g/mol. The summed E-state index contributed by atoms with van der Waals surface area (Å²) in [6.45, 7) is -0.503. The third kappa shape index (κ3) is 4.32. The van der Waals surface area contributed by atoms with E-state index in [9.17, 15) is 19.5 Å². The number of amides is 2. The lowest BCUT2D eigenvalue weighted by Crippen LogP contribution is -2.38. The van der Waals surface area contributed by atoms with Crippen molar-refractivity contribution in [3.05, 3.63) is 108 Å². The van der Waals surface area contributed by atoms with Gasteiger partial charge >= 0.3 is 12.1 Å². The van der Waals surface area contributed by atoms with Gasteiger partial charge in [0.1, 0.15) is 25.4 Å². The predicted octanol–water partition coefficient (Wildman–Crippen LogP) is 3.99. The maximum atomic E-state index is 13.4. The fraction of sp³-hybridized carbons (Fsp3) is 0.160. The fourth-order valence-corrected chi connectivity index (χ4v) is 3.90. The molecule has 0 bridgehead atoms. The predicted molar refractivity (Wildman–Crippen MR) is 116 cm³/mol. The Morgan fingerprint density at radius 3 is 1.91 bits per heavy atom. The summed E-state index contributed by atoms with van der Waals surface area (Å²) in [6, 6.07) is 26.0. The Bertz CT molecular complexity index is 1090. The zero-order valence-electron chi connectivity index (χ0n) is 17.2. The van der Waals surface area contributed by atoms with Crippen LogP contribution in [-0.2, 0) is 20.9 Å². The van der Waals surface area contributed by atoms with Crippen molar-refractivity contribution >= 4 is 18.0 Å². The number of carboxylic acids is 1. The van der Waals surface area contributed by atoms with Crippen LogP contribution in [0.25, 0.3) is 0 Å². The monoisotopic (exact) mass is 430 g/mol. The Morgan fingerprint density at radius 2 is 1.34 bits per heavy atom. The van der Waals surface area contributed by atoms with Crippen LogP contribution in [-0.4, -0.2) is 39.4 Å². The molecule has 32 heavy (non-hydrogen) atoms. The zero-order valence-corrected chi connectivity index (χ0v) is 17.2. The van der Waals surface area contributed by atoms with Crippen LogP contribution < -0.4 is 0 Å². The second-order valence-electron chi connectivity index (χ2n) is 7.40. The molecule has 1 saturated heterocycles. The molecule has 0 saturated carbocycles. The van der Waals surface area contributed by atoms with E-state index >= 15 is 0 Å². The third-order valence-electron chi connectivity index (χ3n) is 5.29. The summed E-state index contributed by atoms with van der Waals surface area (Å²) in [4.78, 5) is 40.9. The van der Waals surface area contributed by atoms with Crippen LogP contribution in [0.5, 0.6) is 0 Å². The quantitative estimate of drug-likeness (QED) is 0.639. The highest BCUT2D eigenvalue weighted by molar-refractivity contribution is 5.92. The summed E-state index contributed by atoms with van der Waals surface area (Å²) < 4.78 is 5.58. The van der Waals surface area contributed by atoms with Crippen molar-refractivity contribution in [3.8, 4) is 0 Å². The van der Waals surface area contributed by atoms with E-state index in [1.54, 1.807) is 48.5 Å². The number of hydrogen-bond acceptors (Lipinski definition) is 4. The topological polar surface area (TPSA) is 87.2 Å². The highest BCUT2D eigenvalue weighted by Gasteiger charge is 2.51. The van der Waals surface area contributed by atoms with Crippen molar-refractivity contribution in [2.75, 3.05) is 6.54 Å². The van der Waals surface area contributed by atoms with E-state index in [4.69, 9.17) is 4.74 Å². The van der Waals surface area contributed by atoms with Crippen LogP contribution in [0.1, 0.15) is 28.9 Å². The van der Waals surface area contributed by atoms with Gasteiger partial charge in [0.2, 0.25) is 0 Å². The molecule has 1 heterocycles. The number of ether oxygens (including phenoxy) is 1. The van der Waals surface area contributed by atoms with Crippen molar-refractivity contribution in [1.82, 2.24) is 9.80 Å². The molecule has 1 aliphatic rings. The molecule has 1 N–H and O–H groups in total. The fourth-order valence-electron chi connectivity index (χ4n) is 3.90. The van der Waals surface area contributed by atoms with E-state index < -0.39 is 36.7 Å². The number of carbonyl (C=O) groups excluding carboxylic acids is 2. The molecular weight excluding hydrogens is 408 g/mol. The van der Waals surface area contributed by atoms with Crippen LogP contribution in [0.2, 0.25) is 0 Å². The van der Waals surface area contributed by atoms with Gasteiger partial charge in [0.05, 0.1) is 0 Å². The van der Waals surface area contributed by atoms with Gasteiger partial charge in [0, 0.05) is 0 Å². The van der Waals surface area contributed by atoms with E-state index in [-0.39, 0.29) is 6.61 Å². The Kier molecular flexibility index (Phi) is 6.17. The molecule has 3 aromatic rings. The maximum absolute atomic E-state index is 13.4. The maximum Gasteiger partial charge on any atom is 0.413 e. The number of carboxylic acid groups (broad SMARTS) is 1. The summed E-state index contributed by atoms with van der Waals surface area (Å²) in [5.74, 6) is -1.63. The van der Waals surface area contributed by atoms with Gasteiger partial charge in [0.25, 0.3) is 5.91 Å². The van der Waals surface area contributed by atoms with E-state index in [1.165, 1.54) is 9.80 Å². The van der Waals surface area contributed by atoms with E-state index in [0.29, 0.717) is 11.1 Å². The third-order valence-corrected chi connectivity index (χ3v) is 5.29. The van der Waals surface area contributed by atoms with Gasteiger partial charge in [-0.25, -0.2) is 4.79 Å². The first kappa shape index (κ1) is 21.1. The molecule has 7 heteroatoms. The average Bonchev–Trinajstić information content (AvgIpc) is 3.11. The van der Waals surface area contributed by atoms with Gasteiger partial charge in [-0.1, -0.05) is 91.0 Å². The first-order valence-corrected chi connectivity index (χ1v) is 10.2. The van der Waals surface area contributed by atoms with Crippen LogP contribution in [0.15, 0.2) is 91.0 Å². The Balaban J connectivity index is 1.74. The van der Waals surface area contributed by atoms with Gasteiger partial charge in [0.15, 0.2) is 0 Å². The highest BCUT2D eigenvalue weighted by Crippen LogP contribution is 2.42. The Labute approximate surface area is 185 Å². The molecule has 1 fully saturated rings. The summed E-state index contributed by atoms with van der Waals surface area (Å²) in [5.41, 5.74) is 2.02. The number of hydrogen-bond donors (Lipinski definition) is 1. The lowest BCUT2D eigenvalue weighted by atomic mass is 10.1. The smallest absolute Gasteiger partial charge is 0.413 e.